The fourth-order valence-electron chi connectivity index (χ4n) is 0.479. The molecule has 0 saturated heterocycles. The molecule has 0 aromatic heterocycles. The zero-order chi connectivity index (χ0) is 12.7. The van der Waals surface area contributed by atoms with Crippen LogP contribution in [-0.4, -0.2) is 24.2 Å². The maximum atomic E-state index is 11.9. The van der Waals surface area contributed by atoms with Gasteiger partial charge in [0, 0.05) is 0 Å². The number of halogens is 10. The van der Waals surface area contributed by atoms with E-state index >= 15 is 0 Å². The van der Waals surface area contributed by atoms with Crippen molar-refractivity contribution < 1.29 is 43.9 Å². The molecule has 0 bridgehead atoms. The maximum Gasteiger partial charge on any atom is 0.453 e. The first kappa shape index (κ1) is 14.3. The Morgan fingerprint density at radius 1 is 0.467 bits per heavy atom. The van der Waals surface area contributed by atoms with Crippen molar-refractivity contribution in [1.29, 1.82) is 0 Å². The Hall–Kier alpha value is -0.700. The van der Waals surface area contributed by atoms with E-state index in [1.54, 1.807) is 0 Å². The van der Waals surface area contributed by atoms with Gasteiger partial charge in [0.25, 0.3) is 0 Å². The van der Waals surface area contributed by atoms with Crippen LogP contribution in [0.2, 0.25) is 0 Å². The van der Waals surface area contributed by atoms with Crippen LogP contribution < -0.4 is 0 Å². The van der Waals surface area contributed by atoms with Crippen LogP contribution in [0.5, 0.6) is 0 Å². The molecule has 10 heteroatoms. The van der Waals surface area contributed by atoms with E-state index < -0.39 is 30.6 Å². The molecule has 0 atom stereocenters. The van der Waals surface area contributed by atoms with Crippen LogP contribution in [0, 0.1) is 0 Å². The van der Waals surface area contributed by atoms with Gasteiger partial charge in [-0.05, 0) is 0 Å². The molecule has 0 amide bonds. The fraction of sp³-hybridized carbons (Fsp3) is 1.00. The van der Waals surface area contributed by atoms with E-state index in [1.807, 2.05) is 0 Å². The summed E-state index contributed by atoms with van der Waals surface area (Å²) < 4.78 is 115. The van der Waals surface area contributed by atoms with Crippen LogP contribution in [0.25, 0.3) is 0 Å². The Bertz CT molecular complexity index is 195. The smallest absolute Gasteiger partial charge is 0.196 e. The monoisotopic (exact) mass is 252 g/mol. The van der Waals surface area contributed by atoms with E-state index in [2.05, 4.69) is 0 Å². The molecule has 0 nitrogen and oxygen atoms in total. The van der Waals surface area contributed by atoms with Crippen LogP contribution in [0.1, 0.15) is 6.42 Å². The zero-order valence-electron chi connectivity index (χ0n) is 6.49. The van der Waals surface area contributed by atoms with Gasteiger partial charge in [0.2, 0.25) is 0 Å². The minimum atomic E-state index is -6.44. The zero-order valence-corrected chi connectivity index (χ0v) is 6.49. The van der Waals surface area contributed by atoms with E-state index in [0.717, 1.165) is 0 Å². The summed E-state index contributed by atoms with van der Waals surface area (Å²) in [5.41, 5.74) is 0. The molecule has 0 saturated carbocycles. The van der Waals surface area contributed by atoms with Crippen molar-refractivity contribution in [2.24, 2.45) is 0 Å². The standard InChI is InChI=1S/C5H2F10/c6-2(7,4(10,11)12)1-3(8,9)5(13,14)15/h1H2. The predicted octanol–water partition coefficient (Wildman–Crippen LogP) is 3.77. The van der Waals surface area contributed by atoms with E-state index in [0.29, 0.717) is 0 Å². The lowest BCUT2D eigenvalue weighted by atomic mass is 10.1. The van der Waals surface area contributed by atoms with Gasteiger partial charge in [-0.3, -0.25) is 0 Å². The molecule has 0 radical (unpaired) electrons. The minimum absolute atomic E-state index is 3.65. The highest BCUT2D eigenvalue weighted by Crippen LogP contribution is 2.48. The summed E-state index contributed by atoms with van der Waals surface area (Å²) in [5.74, 6) is -12.2. The topological polar surface area (TPSA) is 0 Å². The Labute approximate surface area is 75.9 Å². The Morgan fingerprint density at radius 2 is 0.667 bits per heavy atom. The molecule has 0 rings (SSSR count). The van der Waals surface area contributed by atoms with Gasteiger partial charge in [-0.25, -0.2) is 0 Å². The summed E-state index contributed by atoms with van der Waals surface area (Å²) in [6.07, 6.45) is -16.5. The van der Waals surface area contributed by atoms with Crippen LogP contribution >= 0.6 is 0 Å². The first-order valence-corrected chi connectivity index (χ1v) is 3.10. The molecule has 0 heterocycles. The lowest BCUT2D eigenvalue weighted by molar-refractivity contribution is -0.342. The summed E-state index contributed by atoms with van der Waals surface area (Å²) in [6.45, 7) is 0. The lowest BCUT2D eigenvalue weighted by Crippen LogP contribution is -2.47. The van der Waals surface area contributed by atoms with Crippen LogP contribution in [-0.2, 0) is 0 Å². The summed E-state index contributed by atoms with van der Waals surface area (Å²) in [4.78, 5) is 0. The van der Waals surface area contributed by atoms with Gasteiger partial charge >= 0.3 is 24.2 Å². The molecule has 0 spiro atoms. The molecule has 0 aromatic rings. The van der Waals surface area contributed by atoms with Crippen molar-refractivity contribution in [3.05, 3.63) is 0 Å². The summed E-state index contributed by atoms with van der Waals surface area (Å²) in [7, 11) is 0. The second kappa shape index (κ2) is 3.41. The fourth-order valence-corrected chi connectivity index (χ4v) is 0.479. The first-order valence-electron chi connectivity index (χ1n) is 3.10. The second-order valence-electron chi connectivity index (χ2n) is 2.58. The number of hydrogen-bond donors (Lipinski definition) is 0. The average Bonchev–Trinajstić information content (AvgIpc) is 1.77. The van der Waals surface area contributed by atoms with Crippen molar-refractivity contribution in [2.45, 2.75) is 30.6 Å². The molecule has 0 aliphatic heterocycles. The van der Waals surface area contributed by atoms with Gasteiger partial charge in [-0.2, -0.15) is 43.9 Å². The van der Waals surface area contributed by atoms with Gasteiger partial charge < -0.3 is 0 Å². The Balaban J connectivity index is 4.89. The van der Waals surface area contributed by atoms with Crippen LogP contribution in [0.15, 0.2) is 0 Å². The average molecular weight is 252 g/mol. The highest BCUT2D eigenvalue weighted by atomic mass is 19.4. The highest BCUT2D eigenvalue weighted by Gasteiger charge is 2.68. The van der Waals surface area contributed by atoms with E-state index in [4.69, 9.17) is 0 Å². The highest BCUT2D eigenvalue weighted by molar-refractivity contribution is 4.87. The molecular weight excluding hydrogens is 250 g/mol. The van der Waals surface area contributed by atoms with Gasteiger partial charge in [0.1, 0.15) is 0 Å². The Kier molecular flexibility index (Phi) is 3.25. The van der Waals surface area contributed by atoms with Gasteiger partial charge in [-0.15, -0.1) is 0 Å². The molecule has 0 unspecified atom stereocenters. The van der Waals surface area contributed by atoms with Gasteiger partial charge in [-0.1, -0.05) is 0 Å². The third kappa shape index (κ3) is 3.13. The molecular formula is C5H2F10. The molecule has 0 aliphatic rings. The Morgan fingerprint density at radius 3 is 0.800 bits per heavy atom. The minimum Gasteiger partial charge on any atom is -0.196 e. The van der Waals surface area contributed by atoms with Crippen LogP contribution in [0.3, 0.4) is 0 Å². The molecule has 0 aliphatic carbocycles. The third-order valence-corrected chi connectivity index (χ3v) is 1.27. The largest absolute Gasteiger partial charge is 0.453 e. The normalized spacial score (nSPS) is 15.6. The summed E-state index contributed by atoms with van der Waals surface area (Å²) in [6, 6.07) is 0. The summed E-state index contributed by atoms with van der Waals surface area (Å²) in [5, 5.41) is 0. The SMILES string of the molecule is FC(F)(F)C(F)(F)CC(F)(F)C(F)(F)F. The molecule has 0 aromatic carbocycles. The summed E-state index contributed by atoms with van der Waals surface area (Å²) >= 11 is 0. The second-order valence-corrected chi connectivity index (χ2v) is 2.58. The number of hydrogen-bond acceptors (Lipinski definition) is 0. The van der Waals surface area contributed by atoms with E-state index in [9.17, 15) is 43.9 Å². The first-order chi connectivity index (χ1) is 6.21. The molecule has 92 valence electrons. The number of rotatable bonds is 2. The van der Waals surface area contributed by atoms with Crippen molar-refractivity contribution in [2.75, 3.05) is 0 Å². The van der Waals surface area contributed by atoms with Crippen molar-refractivity contribution in [3.8, 4) is 0 Å². The van der Waals surface area contributed by atoms with Crippen molar-refractivity contribution >= 4 is 0 Å². The van der Waals surface area contributed by atoms with E-state index in [1.165, 1.54) is 0 Å². The van der Waals surface area contributed by atoms with Crippen molar-refractivity contribution in [3.63, 3.8) is 0 Å². The molecule has 0 fully saturated rings. The molecule has 0 N–H and O–H groups in total. The van der Waals surface area contributed by atoms with E-state index in [-0.39, 0.29) is 0 Å². The van der Waals surface area contributed by atoms with Crippen LogP contribution in [0.4, 0.5) is 43.9 Å². The number of alkyl halides is 10. The third-order valence-electron chi connectivity index (χ3n) is 1.27. The maximum absolute atomic E-state index is 11.9. The lowest BCUT2D eigenvalue weighted by Gasteiger charge is -2.26. The van der Waals surface area contributed by atoms with Gasteiger partial charge in [0.05, 0.1) is 6.42 Å². The quantitative estimate of drug-likeness (QED) is 0.656. The van der Waals surface area contributed by atoms with Gasteiger partial charge in [0.15, 0.2) is 0 Å². The van der Waals surface area contributed by atoms with Crippen molar-refractivity contribution in [1.82, 2.24) is 0 Å². The predicted molar refractivity (Wildman–Crippen MR) is 26.6 cm³/mol. The molecule has 15 heavy (non-hydrogen) atoms.